The number of benzene rings is 1. The highest BCUT2D eigenvalue weighted by Crippen LogP contribution is 2.25. The number of H-pyrrole nitrogens is 1. The van der Waals surface area contributed by atoms with E-state index in [4.69, 9.17) is 10.2 Å². The molecule has 0 aliphatic carbocycles. The van der Waals surface area contributed by atoms with E-state index in [2.05, 4.69) is 27.8 Å². The van der Waals surface area contributed by atoms with Gasteiger partial charge in [0.25, 0.3) is 5.22 Å². The van der Waals surface area contributed by atoms with Gasteiger partial charge in [-0.05, 0) is 25.0 Å². The number of nitrogens with one attached hydrogen (secondary N) is 1. The first-order valence-electron chi connectivity index (χ1n) is 7.04. The van der Waals surface area contributed by atoms with Gasteiger partial charge in [0.1, 0.15) is 0 Å². The molecule has 23 heavy (non-hydrogen) atoms. The van der Waals surface area contributed by atoms with Crippen LogP contribution in [0.2, 0.25) is 0 Å². The Labute approximate surface area is 145 Å². The second-order valence-electron chi connectivity index (χ2n) is 5.32. The number of halogens is 1. The van der Waals surface area contributed by atoms with E-state index >= 15 is 0 Å². The van der Waals surface area contributed by atoms with Gasteiger partial charge in [0, 0.05) is 22.9 Å². The van der Waals surface area contributed by atoms with Crippen molar-refractivity contribution in [1.29, 1.82) is 0 Å². The SMILES string of the molecule is C=C(C)CSc1nnc(C(N)Cc2c[nH]c3ccccc23)o1.Cl. The van der Waals surface area contributed by atoms with E-state index in [0.717, 1.165) is 22.4 Å². The second kappa shape index (κ2) is 7.68. The molecule has 0 aliphatic heterocycles. The molecule has 3 N–H and O–H groups in total. The molecule has 3 aromatic rings. The number of thioether (sulfide) groups is 1. The first kappa shape index (κ1) is 17.6. The molecular weight excluding hydrogens is 332 g/mol. The topological polar surface area (TPSA) is 80.7 Å². The third-order valence-corrected chi connectivity index (χ3v) is 4.35. The van der Waals surface area contributed by atoms with Crippen molar-refractivity contribution in [2.45, 2.75) is 24.6 Å². The molecule has 0 saturated heterocycles. The highest BCUT2D eigenvalue weighted by molar-refractivity contribution is 7.99. The van der Waals surface area contributed by atoms with Gasteiger partial charge in [-0.1, -0.05) is 42.1 Å². The first-order chi connectivity index (χ1) is 10.6. The summed E-state index contributed by atoms with van der Waals surface area (Å²) < 4.78 is 5.62. The maximum atomic E-state index is 6.21. The average molecular weight is 351 g/mol. The molecule has 0 saturated carbocycles. The van der Waals surface area contributed by atoms with E-state index in [9.17, 15) is 0 Å². The lowest BCUT2D eigenvalue weighted by Gasteiger charge is -2.05. The lowest BCUT2D eigenvalue weighted by atomic mass is 10.1. The molecule has 1 atom stereocenters. The van der Waals surface area contributed by atoms with Gasteiger partial charge in [0.15, 0.2) is 0 Å². The van der Waals surface area contributed by atoms with Crippen LogP contribution in [0.25, 0.3) is 10.9 Å². The summed E-state index contributed by atoms with van der Waals surface area (Å²) in [6.45, 7) is 5.82. The monoisotopic (exact) mass is 350 g/mol. The van der Waals surface area contributed by atoms with Gasteiger partial charge in [0.2, 0.25) is 5.89 Å². The fraction of sp³-hybridized carbons (Fsp3) is 0.250. The van der Waals surface area contributed by atoms with Crippen LogP contribution in [0, 0.1) is 0 Å². The van der Waals surface area contributed by atoms with Gasteiger partial charge in [-0.15, -0.1) is 22.6 Å². The van der Waals surface area contributed by atoms with Crippen LogP contribution in [0.15, 0.2) is 52.3 Å². The number of hydrogen-bond acceptors (Lipinski definition) is 5. The molecule has 2 heterocycles. The molecule has 2 aromatic heterocycles. The number of fused-ring (bicyclic) bond motifs is 1. The van der Waals surface area contributed by atoms with Crippen molar-refractivity contribution < 1.29 is 4.42 Å². The van der Waals surface area contributed by atoms with Crippen molar-refractivity contribution in [2.75, 3.05) is 5.75 Å². The molecule has 0 bridgehead atoms. The van der Waals surface area contributed by atoms with Crippen LogP contribution in [0.1, 0.15) is 24.4 Å². The average Bonchev–Trinajstić information content (AvgIpc) is 3.13. The Morgan fingerprint density at radius 3 is 2.96 bits per heavy atom. The van der Waals surface area contributed by atoms with Crippen molar-refractivity contribution in [3.8, 4) is 0 Å². The minimum atomic E-state index is -0.314. The lowest BCUT2D eigenvalue weighted by Crippen LogP contribution is -2.13. The van der Waals surface area contributed by atoms with E-state index in [1.54, 1.807) is 0 Å². The van der Waals surface area contributed by atoms with Crippen LogP contribution in [-0.4, -0.2) is 20.9 Å². The van der Waals surface area contributed by atoms with Gasteiger partial charge >= 0.3 is 0 Å². The minimum Gasteiger partial charge on any atom is -0.414 e. The highest BCUT2D eigenvalue weighted by atomic mass is 35.5. The summed E-state index contributed by atoms with van der Waals surface area (Å²) in [5.41, 5.74) is 9.53. The second-order valence-corrected chi connectivity index (χ2v) is 6.25. The predicted molar refractivity (Wildman–Crippen MR) is 96.0 cm³/mol. The van der Waals surface area contributed by atoms with Crippen molar-refractivity contribution in [3.05, 3.63) is 54.1 Å². The number of aromatic nitrogens is 3. The van der Waals surface area contributed by atoms with E-state index < -0.39 is 0 Å². The van der Waals surface area contributed by atoms with Crippen LogP contribution in [-0.2, 0) is 6.42 Å². The molecular formula is C16H19ClN4OS. The number of nitrogens with two attached hydrogens (primary N) is 1. The standard InChI is InChI=1S/C16H18N4OS.ClH/c1-10(2)9-22-16-20-19-15(21-16)13(17)7-11-8-18-14-6-4-3-5-12(11)14;/h3-6,8,13,18H,1,7,9,17H2,2H3;1H. The van der Waals surface area contributed by atoms with E-state index in [1.807, 2.05) is 31.3 Å². The van der Waals surface area contributed by atoms with E-state index in [0.29, 0.717) is 17.5 Å². The summed E-state index contributed by atoms with van der Waals surface area (Å²) >= 11 is 1.48. The summed E-state index contributed by atoms with van der Waals surface area (Å²) in [5, 5.41) is 9.78. The van der Waals surface area contributed by atoms with Gasteiger partial charge in [-0.25, -0.2) is 0 Å². The fourth-order valence-corrected chi connectivity index (χ4v) is 2.85. The minimum absolute atomic E-state index is 0. The Hall–Kier alpha value is -1.76. The summed E-state index contributed by atoms with van der Waals surface area (Å²) in [4.78, 5) is 3.25. The van der Waals surface area contributed by atoms with Crippen molar-refractivity contribution >= 4 is 35.1 Å². The Morgan fingerprint density at radius 2 is 2.17 bits per heavy atom. The molecule has 5 nitrogen and oxygen atoms in total. The lowest BCUT2D eigenvalue weighted by molar-refractivity contribution is 0.385. The third-order valence-electron chi connectivity index (χ3n) is 3.30. The number of nitrogens with zero attached hydrogens (tertiary/aromatic N) is 2. The Bertz CT molecular complexity index is 798. The zero-order valence-electron chi connectivity index (χ0n) is 12.8. The van der Waals surface area contributed by atoms with Crippen molar-refractivity contribution in [3.63, 3.8) is 0 Å². The third kappa shape index (κ3) is 4.16. The largest absolute Gasteiger partial charge is 0.414 e. The van der Waals surface area contributed by atoms with Crippen molar-refractivity contribution in [1.82, 2.24) is 15.2 Å². The van der Waals surface area contributed by atoms with Crippen LogP contribution in [0.4, 0.5) is 0 Å². The Balaban J connectivity index is 0.00000192. The summed E-state index contributed by atoms with van der Waals surface area (Å²) in [7, 11) is 0. The maximum Gasteiger partial charge on any atom is 0.276 e. The molecule has 122 valence electrons. The molecule has 0 radical (unpaired) electrons. The zero-order valence-corrected chi connectivity index (χ0v) is 14.4. The molecule has 0 aliphatic rings. The fourth-order valence-electron chi connectivity index (χ4n) is 2.24. The number of hydrogen-bond donors (Lipinski definition) is 2. The van der Waals surface area contributed by atoms with E-state index in [-0.39, 0.29) is 18.4 Å². The summed E-state index contributed by atoms with van der Waals surface area (Å²) in [6.07, 6.45) is 2.63. The van der Waals surface area contributed by atoms with Crippen LogP contribution in [0.5, 0.6) is 0 Å². The number of aromatic amines is 1. The summed E-state index contributed by atoms with van der Waals surface area (Å²) in [5.74, 6) is 1.23. The molecule has 7 heteroatoms. The molecule has 3 rings (SSSR count). The predicted octanol–water partition coefficient (Wildman–Crippen LogP) is 3.88. The Morgan fingerprint density at radius 1 is 1.39 bits per heavy atom. The Kier molecular flexibility index (Phi) is 5.87. The number of para-hydroxylation sites is 1. The molecule has 0 amide bonds. The smallest absolute Gasteiger partial charge is 0.276 e. The van der Waals surface area contributed by atoms with Gasteiger partial charge < -0.3 is 15.1 Å². The zero-order chi connectivity index (χ0) is 15.5. The molecule has 1 unspecified atom stereocenters. The van der Waals surface area contributed by atoms with Crippen LogP contribution >= 0.6 is 24.2 Å². The van der Waals surface area contributed by atoms with Gasteiger partial charge in [-0.2, -0.15) is 0 Å². The quantitative estimate of drug-likeness (QED) is 0.520. The van der Waals surface area contributed by atoms with Crippen molar-refractivity contribution in [2.24, 2.45) is 5.73 Å². The highest BCUT2D eigenvalue weighted by Gasteiger charge is 2.17. The normalized spacial score (nSPS) is 12.1. The van der Waals surface area contributed by atoms with E-state index in [1.165, 1.54) is 17.1 Å². The molecule has 0 fully saturated rings. The molecule has 1 aromatic carbocycles. The summed E-state index contributed by atoms with van der Waals surface area (Å²) in [6, 6.07) is 7.83. The number of rotatable bonds is 6. The first-order valence-corrected chi connectivity index (χ1v) is 8.03. The van der Waals surface area contributed by atoms with Crippen LogP contribution in [0.3, 0.4) is 0 Å². The van der Waals surface area contributed by atoms with Gasteiger partial charge in [-0.3, -0.25) is 0 Å². The maximum absolute atomic E-state index is 6.21. The van der Waals surface area contributed by atoms with Gasteiger partial charge in [0.05, 0.1) is 6.04 Å². The molecule has 0 spiro atoms. The van der Waals surface area contributed by atoms with Crippen LogP contribution < -0.4 is 5.73 Å².